The van der Waals surface area contributed by atoms with Crippen LogP contribution in [-0.2, 0) is 19.7 Å². The number of ether oxygens (including phenoxy) is 1. The smallest absolute Gasteiger partial charge is 0.251 e. The third kappa shape index (κ3) is 5.81. The second kappa shape index (κ2) is 13.7. The maximum absolute atomic E-state index is 15.0. The number of hydrogen-bond acceptors (Lipinski definition) is 8. The molecule has 5 fully saturated rings. The first kappa shape index (κ1) is 35.6. The minimum atomic E-state index is -0.647. The number of nitrogens with zero attached hydrogens (tertiary/aromatic N) is 6. The van der Waals surface area contributed by atoms with Crippen molar-refractivity contribution in [2.45, 2.75) is 101 Å². The fourth-order valence-corrected chi connectivity index (χ4v) is 10.2. The van der Waals surface area contributed by atoms with E-state index in [-0.39, 0.29) is 29.7 Å². The zero-order valence-electron chi connectivity index (χ0n) is 32.7. The van der Waals surface area contributed by atoms with Gasteiger partial charge in [0.15, 0.2) is 5.82 Å². The second-order valence-corrected chi connectivity index (χ2v) is 17.3. The quantitative estimate of drug-likeness (QED) is 0.221. The van der Waals surface area contributed by atoms with Gasteiger partial charge in [-0.15, -0.1) is 0 Å². The Morgan fingerprint density at radius 2 is 1.73 bits per heavy atom. The topological polar surface area (TPSA) is 125 Å². The van der Waals surface area contributed by atoms with Crippen LogP contribution in [0.25, 0.3) is 22.3 Å². The summed E-state index contributed by atoms with van der Waals surface area (Å²) in [6.45, 7) is 7.58. The third-order valence-electron chi connectivity index (χ3n) is 13.9. The lowest BCUT2D eigenvalue weighted by Crippen LogP contribution is -2.60. The van der Waals surface area contributed by atoms with Gasteiger partial charge in [-0.1, -0.05) is 24.6 Å². The zero-order valence-corrected chi connectivity index (χ0v) is 32.7. The van der Waals surface area contributed by atoms with E-state index in [0.717, 1.165) is 77.0 Å². The van der Waals surface area contributed by atoms with E-state index < -0.39 is 5.41 Å². The Morgan fingerprint density at radius 1 is 0.929 bits per heavy atom. The zero-order chi connectivity index (χ0) is 38.3. The molecule has 0 radical (unpaired) electrons. The van der Waals surface area contributed by atoms with Crippen LogP contribution in [-0.4, -0.2) is 100 Å². The standard InChI is InChI=1S/C44H52N8O4/c1-26-7-9-30(19-34(26)41(53)45-3)47-40-39-37(46-25-51(39)31-10-11-31)22-36(48-40)28-8-12-35-38(18-28)52(33-20-32(21-33)50-15-5-4-6-27(50)2)43(55)44(35)13-16-49(17-14-44)42(54)29-23-56-24-29/h7-9,12,18-19,22,25,27,29,31-33H,4-6,10-11,13-17,20-21,23-24H2,1-3H3,(H,45,53)(H,47,48)/t27-,32?,33?/m0/s1. The number of hydrogen-bond donors (Lipinski definition) is 2. The lowest BCUT2D eigenvalue weighted by molar-refractivity contribution is -0.152. The first-order valence-electron chi connectivity index (χ1n) is 20.8. The number of fused-ring (bicyclic) bond motifs is 3. The van der Waals surface area contributed by atoms with Crippen LogP contribution in [0.5, 0.6) is 0 Å². The number of pyridine rings is 1. The van der Waals surface area contributed by atoms with Crippen LogP contribution in [0.4, 0.5) is 17.2 Å². The van der Waals surface area contributed by atoms with E-state index in [1.807, 2.05) is 36.4 Å². The molecule has 1 atom stereocenters. The highest BCUT2D eigenvalue weighted by molar-refractivity contribution is 6.09. The molecule has 1 spiro atoms. The first-order valence-corrected chi connectivity index (χ1v) is 20.8. The van der Waals surface area contributed by atoms with Gasteiger partial charge in [-0.2, -0.15) is 0 Å². The van der Waals surface area contributed by atoms with E-state index in [9.17, 15) is 14.4 Å². The molecule has 10 rings (SSSR count). The molecule has 4 aromatic rings. The fourth-order valence-electron chi connectivity index (χ4n) is 10.2. The highest BCUT2D eigenvalue weighted by atomic mass is 16.5. The molecule has 3 amide bonds. The van der Waals surface area contributed by atoms with Crippen molar-refractivity contribution in [3.8, 4) is 11.3 Å². The number of aromatic nitrogens is 3. The van der Waals surface area contributed by atoms with Gasteiger partial charge in [0.1, 0.15) is 5.52 Å². The van der Waals surface area contributed by atoms with Crippen molar-refractivity contribution in [1.29, 1.82) is 0 Å². The van der Waals surface area contributed by atoms with Crippen molar-refractivity contribution in [1.82, 2.24) is 29.7 Å². The van der Waals surface area contributed by atoms with Crippen LogP contribution < -0.4 is 15.5 Å². The number of rotatable bonds is 8. The predicted molar refractivity (Wildman–Crippen MR) is 215 cm³/mol. The molecule has 4 aliphatic heterocycles. The summed E-state index contributed by atoms with van der Waals surface area (Å²) in [5, 5.41) is 6.33. The Morgan fingerprint density at radius 3 is 2.45 bits per heavy atom. The number of carbonyl (C=O) groups is 3. The molecule has 2 N–H and O–H groups in total. The SMILES string of the molecule is CNC(=O)c1cc(Nc2nc(-c3ccc4c(c3)N(C3CC(N5CCCC[C@@H]5C)C3)C(=O)C43CCN(C(=O)C4COC4)CC3)cc3ncn(C4CC4)c23)ccc1C. The number of likely N-dealkylation sites (tertiary alicyclic amines) is 2. The largest absolute Gasteiger partial charge is 0.380 e. The predicted octanol–water partition coefficient (Wildman–Crippen LogP) is 6.10. The van der Waals surface area contributed by atoms with Gasteiger partial charge in [-0.05, 0) is 107 Å². The molecule has 3 saturated heterocycles. The van der Waals surface area contributed by atoms with E-state index in [0.29, 0.717) is 68.7 Å². The minimum Gasteiger partial charge on any atom is -0.380 e. The number of carbonyl (C=O) groups excluding carboxylic acids is 3. The van der Waals surface area contributed by atoms with Crippen molar-refractivity contribution >= 4 is 45.9 Å². The summed E-state index contributed by atoms with van der Waals surface area (Å²) in [5.74, 6) is 0.850. The van der Waals surface area contributed by atoms with E-state index in [1.54, 1.807) is 7.05 Å². The summed E-state index contributed by atoms with van der Waals surface area (Å²) < 4.78 is 7.55. The van der Waals surface area contributed by atoms with Gasteiger partial charge >= 0.3 is 0 Å². The van der Waals surface area contributed by atoms with Gasteiger partial charge in [0, 0.05) is 66.8 Å². The molecule has 0 bridgehead atoms. The van der Waals surface area contributed by atoms with Gasteiger partial charge < -0.3 is 29.7 Å². The average molecular weight is 757 g/mol. The van der Waals surface area contributed by atoms with Crippen molar-refractivity contribution in [2.75, 3.05) is 50.1 Å². The summed E-state index contributed by atoms with van der Waals surface area (Å²) >= 11 is 0. The van der Waals surface area contributed by atoms with Crippen LogP contribution in [0.2, 0.25) is 0 Å². The molecular weight excluding hydrogens is 705 g/mol. The molecule has 0 unspecified atom stereocenters. The van der Waals surface area contributed by atoms with Gasteiger partial charge in [0.05, 0.1) is 42.1 Å². The summed E-state index contributed by atoms with van der Waals surface area (Å²) in [6, 6.07) is 16.0. The Hall–Kier alpha value is -4.81. The van der Waals surface area contributed by atoms with Crippen LogP contribution in [0.3, 0.4) is 0 Å². The Bertz CT molecular complexity index is 2230. The summed E-state index contributed by atoms with van der Waals surface area (Å²) in [6.07, 6.45) is 11.1. The number of anilines is 3. The van der Waals surface area contributed by atoms with E-state index in [1.165, 1.54) is 19.3 Å². The molecule has 292 valence electrons. The average Bonchev–Trinajstić information content (AvgIpc) is 3.89. The second-order valence-electron chi connectivity index (χ2n) is 17.3. The van der Waals surface area contributed by atoms with Gasteiger partial charge in [0.25, 0.3) is 5.91 Å². The normalized spacial score (nSPS) is 24.9. The molecule has 56 heavy (non-hydrogen) atoms. The van der Waals surface area contributed by atoms with Crippen molar-refractivity contribution in [3.05, 3.63) is 65.5 Å². The molecule has 6 aliphatic rings. The van der Waals surface area contributed by atoms with Crippen molar-refractivity contribution in [2.24, 2.45) is 5.92 Å². The Labute approximate surface area is 328 Å². The molecular formula is C44H52N8O4. The molecule has 2 aromatic carbocycles. The number of imidazole rings is 1. The van der Waals surface area contributed by atoms with E-state index >= 15 is 0 Å². The van der Waals surface area contributed by atoms with Crippen molar-refractivity contribution < 1.29 is 19.1 Å². The summed E-state index contributed by atoms with van der Waals surface area (Å²) in [7, 11) is 1.64. The number of amides is 3. The number of nitrogens with one attached hydrogen (secondary N) is 2. The number of benzene rings is 2. The lowest BCUT2D eigenvalue weighted by atomic mass is 9.73. The molecule has 12 heteroatoms. The maximum atomic E-state index is 15.0. The summed E-state index contributed by atoms with van der Waals surface area (Å²) in [4.78, 5) is 57.9. The molecule has 2 aromatic heterocycles. The highest BCUT2D eigenvalue weighted by Crippen LogP contribution is 2.52. The van der Waals surface area contributed by atoms with Crippen LogP contribution >= 0.6 is 0 Å². The number of aryl methyl sites for hydroxylation is 1. The van der Waals surface area contributed by atoms with E-state index in [4.69, 9.17) is 14.7 Å². The molecule has 2 saturated carbocycles. The monoisotopic (exact) mass is 756 g/mol. The first-order chi connectivity index (χ1) is 27.2. The summed E-state index contributed by atoms with van der Waals surface area (Å²) in [5.41, 5.74) is 7.19. The van der Waals surface area contributed by atoms with Gasteiger partial charge in [-0.25, -0.2) is 9.97 Å². The molecule has 12 nitrogen and oxygen atoms in total. The maximum Gasteiger partial charge on any atom is 0.251 e. The van der Waals surface area contributed by atoms with Crippen LogP contribution in [0.1, 0.15) is 92.2 Å². The lowest BCUT2D eigenvalue weighted by Gasteiger charge is -2.50. The fraction of sp³-hybridized carbons (Fsp3) is 0.523. The Kier molecular flexibility index (Phi) is 8.70. The third-order valence-corrected chi connectivity index (χ3v) is 13.9. The molecule has 6 heterocycles. The van der Waals surface area contributed by atoms with Crippen LogP contribution in [0, 0.1) is 12.8 Å². The van der Waals surface area contributed by atoms with E-state index in [2.05, 4.69) is 56.2 Å². The molecule has 2 aliphatic carbocycles. The number of piperidine rings is 2. The highest BCUT2D eigenvalue weighted by Gasteiger charge is 2.56. The van der Waals surface area contributed by atoms with Gasteiger partial charge in [0.2, 0.25) is 11.8 Å². The van der Waals surface area contributed by atoms with Crippen molar-refractivity contribution in [3.63, 3.8) is 0 Å². The van der Waals surface area contributed by atoms with Crippen LogP contribution in [0.15, 0.2) is 48.8 Å². The Balaban J connectivity index is 1.02. The van der Waals surface area contributed by atoms with Gasteiger partial charge in [-0.3, -0.25) is 19.3 Å². The minimum absolute atomic E-state index is 0.0532.